The van der Waals surface area contributed by atoms with Gasteiger partial charge in [-0.05, 0) is 25.8 Å². The molecule has 3 N–H and O–H groups in total. The lowest BCUT2D eigenvalue weighted by atomic mass is 9.87. The minimum atomic E-state index is -4.56. The van der Waals surface area contributed by atoms with E-state index in [0.717, 1.165) is 26.0 Å². The zero-order valence-electron chi connectivity index (χ0n) is 10.7. The molecule has 0 aliphatic heterocycles. The molecule has 0 saturated heterocycles. The van der Waals surface area contributed by atoms with E-state index in [1.807, 2.05) is 0 Å². The van der Waals surface area contributed by atoms with E-state index in [1.165, 1.54) is 6.07 Å². The molecule has 1 aromatic carbocycles. The topological polar surface area (TPSA) is 55.5 Å². The van der Waals surface area contributed by atoms with Crippen LogP contribution in [-0.4, -0.2) is 18.3 Å². The Hall–Kier alpha value is -1.43. The summed E-state index contributed by atoms with van der Waals surface area (Å²) in [4.78, 5) is 0. The van der Waals surface area contributed by atoms with Crippen molar-refractivity contribution in [2.24, 2.45) is 5.73 Å². The highest BCUT2D eigenvalue weighted by Gasteiger charge is 2.50. The van der Waals surface area contributed by atoms with E-state index in [4.69, 9.17) is 10.5 Å². The molecule has 19 heavy (non-hydrogen) atoms. The third kappa shape index (κ3) is 2.14. The van der Waals surface area contributed by atoms with E-state index >= 15 is 0 Å². The summed E-state index contributed by atoms with van der Waals surface area (Å²) in [6, 6.07) is 2.01. The number of benzene rings is 1. The van der Waals surface area contributed by atoms with Crippen LogP contribution in [0.1, 0.15) is 30.9 Å². The average molecular weight is 275 g/mol. The highest BCUT2D eigenvalue weighted by atomic mass is 19.4. The van der Waals surface area contributed by atoms with Crippen LogP contribution in [0.15, 0.2) is 12.1 Å². The first-order valence-corrected chi connectivity index (χ1v) is 5.97. The van der Waals surface area contributed by atoms with Gasteiger partial charge < -0.3 is 15.6 Å². The number of hydrogen-bond donors (Lipinski definition) is 2. The number of phenolic OH excluding ortho intramolecular Hbond substituents is 1. The molecule has 1 aromatic rings. The highest BCUT2D eigenvalue weighted by molar-refractivity contribution is 5.56. The lowest BCUT2D eigenvalue weighted by Crippen LogP contribution is -2.31. The van der Waals surface area contributed by atoms with Gasteiger partial charge in [0, 0.05) is 17.0 Å². The Labute approximate surface area is 109 Å². The van der Waals surface area contributed by atoms with Gasteiger partial charge in [-0.1, -0.05) is 6.07 Å². The van der Waals surface area contributed by atoms with Crippen molar-refractivity contribution in [2.45, 2.75) is 37.4 Å². The van der Waals surface area contributed by atoms with Crippen LogP contribution < -0.4 is 10.5 Å². The van der Waals surface area contributed by atoms with Crippen molar-refractivity contribution in [3.8, 4) is 11.5 Å². The van der Waals surface area contributed by atoms with Gasteiger partial charge in [-0.2, -0.15) is 13.2 Å². The van der Waals surface area contributed by atoms with Crippen LogP contribution in [0.25, 0.3) is 0 Å². The number of phenols is 1. The minimum absolute atomic E-state index is 0.236. The molecule has 0 bridgehead atoms. The molecule has 1 unspecified atom stereocenters. The van der Waals surface area contributed by atoms with Crippen molar-refractivity contribution in [1.29, 1.82) is 0 Å². The maximum absolute atomic E-state index is 12.8. The molecule has 0 heterocycles. The molecular formula is C13H16F3NO2. The molecule has 0 amide bonds. The van der Waals surface area contributed by atoms with E-state index in [0.29, 0.717) is 5.56 Å². The Morgan fingerprint density at radius 1 is 1.37 bits per heavy atom. The summed E-state index contributed by atoms with van der Waals surface area (Å²) in [5.41, 5.74) is 4.91. The second-order valence-electron chi connectivity index (χ2n) is 4.99. The SMILES string of the molecule is COc1c(C(F)(F)F)ccc(C2(C(C)N)CC2)c1O. The first-order chi connectivity index (χ1) is 8.74. The first kappa shape index (κ1) is 14.0. The largest absolute Gasteiger partial charge is 0.504 e. The molecule has 1 saturated carbocycles. The number of hydrogen-bond acceptors (Lipinski definition) is 3. The lowest BCUT2D eigenvalue weighted by molar-refractivity contribution is -0.138. The van der Waals surface area contributed by atoms with Gasteiger partial charge in [-0.25, -0.2) is 0 Å². The third-order valence-electron chi connectivity index (χ3n) is 3.84. The van der Waals surface area contributed by atoms with Crippen LogP contribution in [0, 0.1) is 0 Å². The molecule has 3 nitrogen and oxygen atoms in total. The van der Waals surface area contributed by atoms with Crippen LogP contribution in [0.4, 0.5) is 13.2 Å². The molecule has 1 aliphatic rings. The molecule has 1 aliphatic carbocycles. The Kier molecular flexibility index (Phi) is 3.16. The van der Waals surface area contributed by atoms with Gasteiger partial charge in [0.05, 0.1) is 7.11 Å². The predicted octanol–water partition coefficient (Wildman–Crippen LogP) is 2.80. The third-order valence-corrected chi connectivity index (χ3v) is 3.84. The second kappa shape index (κ2) is 4.30. The zero-order chi connectivity index (χ0) is 14.4. The van der Waals surface area contributed by atoms with Crippen LogP contribution in [0.2, 0.25) is 0 Å². The fourth-order valence-electron chi connectivity index (χ4n) is 2.51. The Bertz CT molecular complexity index is 493. The quantitative estimate of drug-likeness (QED) is 0.891. The summed E-state index contributed by atoms with van der Waals surface area (Å²) in [6.45, 7) is 1.79. The summed E-state index contributed by atoms with van der Waals surface area (Å²) in [5, 5.41) is 10.1. The van der Waals surface area contributed by atoms with Crippen molar-refractivity contribution >= 4 is 0 Å². The molecule has 106 valence electrons. The number of alkyl halides is 3. The molecule has 2 rings (SSSR count). The zero-order valence-corrected chi connectivity index (χ0v) is 10.7. The molecule has 1 fully saturated rings. The summed E-state index contributed by atoms with van der Waals surface area (Å²) >= 11 is 0. The van der Waals surface area contributed by atoms with E-state index < -0.39 is 28.7 Å². The van der Waals surface area contributed by atoms with Gasteiger partial charge in [0.15, 0.2) is 11.5 Å². The normalized spacial score (nSPS) is 19.1. The van der Waals surface area contributed by atoms with Crippen molar-refractivity contribution in [3.63, 3.8) is 0 Å². The van der Waals surface area contributed by atoms with Crippen LogP contribution in [-0.2, 0) is 11.6 Å². The number of aromatic hydroxyl groups is 1. The van der Waals surface area contributed by atoms with Crippen molar-refractivity contribution in [2.75, 3.05) is 7.11 Å². The van der Waals surface area contributed by atoms with Crippen molar-refractivity contribution in [3.05, 3.63) is 23.3 Å². The lowest BCUT2D eigenvalue weighted by Gasteiger charge is -2.23. The summed E-state index contributed by atoms with van der Waals surface area (Å²) < 4.78 is 43.1. The Morgan fingerprint density at radius 2 is 1.95 bits per heavy atom. The molecule has 0 aromatic heterocycles. The highest BCUT2D eigenvalue weighted by Crippen LogP contribution is 2.56. The molecule has 1 atom stereocenters. The average Bonchev–Trinajstić information content (AvgIpc) is 3.08. The maximum atomic E-state index is 12.8. The van der Waals surface area contributed by atoms with Crippen molar-refractivity contribution < 1.29 is 23.0 Å². The molecule has 0 spiro atoms. The van der Waals surface area contributed by atoms with Gasteiger partial charge >= 0.3 is 6.18 Å². The number of nitrogens with two attached hydrogens (primary N) is 1. The standard InChI is InChI=1S/C13H16F3NO2/c1-7(17)12(5-6-12)8-3-4-9(13(14,15)16)11(19-2)10(8)18/h3-4,7,18H,5-6,17H2,1-2H3. The van der Waals surface area contributed by atoms with Gasteiger partial charge in [0.25, 0.3) is 0 Å². The van der Waals surface area contributed by atoms with E-state index in [2.05, 4.69) is 0 Å². The predicted molar refractivity (Wildman–Crippen MR) is 64.2 cm³/mol. The number of rotatable bonds is 3. The maximum Gasteiger partial charge on any atom is 0.420 e. The van der Waals surface area contributed by atoms with E-state index in [-0.39, 0.29) is 6.04 Å². The summed E-state index contributed by atoms with van der Waals surface area (Å²) in [7, 11) is 1.11. The molecule has 0 radical (unpaired) electrons. The van der Waals surface area contributed by atoms with Gasteiger partial charge in [-0.3, -0.25) is 0 Å². The Morgan fingerprint density at radius 3 is 2.32 bits per heavy atom. The summed E-state index contributed by atoms with van der Waals surface area (Å²) in [6.07, 6.45) is -3.05. The smallest absolute Gasteiger partial charge is 0.420 e. The number of methoxy groups -OCH3 is 1. The van der Waals surface area contributed by atoms with Gasteiger partial charge in [0.2, 0.25) is 0 Å². The second-order valence-corrected chi connectivity index (χ2v) is 4.99. The molecular weight excluding hydrogens is 259 g/mol. The number of halogens is 3. The number of ether oxygens (including phenoxy) is 1. The minimum Gasteiger partial charge on any atom is -0.504 e. The van der Waals surface area contributed by atoms with Crippen LogP contribution >= 0.6 is 0 Å². The first-order valence-electron chi connectivity index (χ1n) is 5.97. The summed E-state index contributed by atoms with van der Waals surface area (Å²) in [5.74, 6) is -0.982. The Balaban J connectivity index is 2.57. The van der Waals surface area contributed by atoms with Gasteiger partial charge in [0.1, 0.15) is 5.56 Å². The molecule has 6 heteroatoms. The fraction of sp³-hybridized carbons (Fsp3) is 0.538. The van der Waals surface area contributed by atoms with Crippen LogP contribution in [0.5, 0.6) is 11.5 Å². The van der Waals surface area contributed by atoms with Crippen LogP contribution in [0.3, 0.4) is 0 Å². The van der Waals surface area contributed by atoms with Gasteiger partial charge in [-0.15, -0.1) is 0 Å². The monoisotopic (exact) mass is 275 g/mol. The fourth-order valence-corrected chi connectivity index (χ4v) is 2.51. The van der Waals surface area contributed by atoms with E-state index in [1.54, 1.807) is 6.92 Å². The van der Waals surface area contributed by atoms with E-state index in [9.17, 15) is 18.3 Å². The van der Waals surface area contributed by atoms with Crippen molar-refractivity contribution in [1.82, 2.24) is 0 Å².